The van der Waals surface area contributed by atoms with Gasteiger partial charge in [-0.2, -0.15) is 0 Å². The van der Waals surface area contributed by atoms with E-state index in [4.69, 9.17) is 0 Å². The first-order valence-corrected chi connectivity index (χ1v) is 5.87. The summed E-state index contributed by atoms with van der Waals surface area (Å²) in [5.41, 5.74) is 4.52. The molecule has 92 valence electrons. The van der Waals surface area contributed by atoms with Gasteiger partial charge in [-0.3, -0.25) is 9.78 Å². The van der Waals surface area contributed by atoms with E-state index in [2.05, 4.69) is 16.4 Å². The normalized spacial score (nSPS) is 10.2. The third-order valence-corrected chi connectivity index (χ3v) is 2.63. The minimum atomic E-state index is -0.177. The fraction of sp³-hybridized carbons (Fsp3) is 0.200. The summed E-state index contributed by atoms with van der Waals surface area (Å²) in [4.78, 5) is 16.1. The minimum Gasteiger partial charge on any atom is -0.321 e. The number of amides is 1. The van der Waals surface area contributed by atoms with E-state index in [1.54, 1.807) is 12.3 Å². The average Bonchev–Trinajstić information content (AvgIpc) is 2.27. The molecule has 2 aromatic rings. The van der Waals surface area contributed by atoms with E-state index >= 15 is 0 Å². The molecule has 1 amide bonds. The third kappa shape index (κ3) is 2.94. The summed E-state index contributed by atoms with van der Waals surface area (Å²) in [5, 5.41) is 2.87. The van der Waals surface area contributed by atoms with Gasteiger partial charge in [-0.15, -0.1) is 0 Å². The van der Waals surface area contributed by atoms with Gasteiger partial charge in [0.2, 0.25) is 0 Å². The maximum absolute atomic E-state index is 12.0. The van der Waals surface area contributed by atoms with Gasteiger partial charge in [-0.1, -0.05) is 6.07 Å². The van der Waals surface area contributed by atoms with E-state index in [0.717, 1.165) is 22.4 Å². The van der Waals surface area contributed by atoms with Crippen LogP contribution in [0.25, 0.3) is 0 Å². The van der Waals surface area contributed by atoms with E-state index in [9.17, 15) is 4.79 Å². The smallest absolute Gasteiger partial charge is 0.274 e. The molecule has 0 saturated carbocycles. The summed E-state index contributed by atoms with van der Waals surface area (Å²) >= 11 is 0. The number of nitrogens with zero attached hydrogens (tertiary/aromatic N) is 1. The zero-order chi connectivity index (χ0) is 13.1. The Hall–Kier alpha value is -2.16. The highest BCUT2D eigenvalue weighted by Crippen LogP contribution is 2.14. The summed E-state index contributed by atoms with van der Waals surface area (Å²) < 4.78 is 0. The summed E-state index contributed by atoms with van der Waals surface area (Å²) in [7, 11) is 0. The molecule has 0 aliphatic rings. The number of hydrogen-bond donors (Lipinski definition) is 1. The van der Waals surface area contributed by atoms with Crippen LogP contribution >= 0.6 is 0 Å². The van der Waals surface area contributed by atoms with E-state index in [1.807, 2.05) is 39.0 Å². The van der Waals surface area contributed by atoms with E-state index in [1.165, 1.54) is 0 Å². The number of anilines is 1. The summed E-state index contributed by atoms with van der Waals surface area (Å²) in [6.07, 6.45) is 1.64. The molecule has 1 N–H and O–H groups in total. The van der Waals surface area contributed by atoms with Gasteiger partial charge in [0.25, 0.3) is 5.91 Å². The second-order valence-electron chi connectivity index (χ2n) is 4.55. The molecule has 0 bridgehead atoms. The molecule has 2 rings (SSSR count). The van der Waals surface area contributed by atoms with Crippen molar-refractivity contribution in [3.05, 3.63) is 58.9 Å². The lowest BCUT2D eigenvalue weighted by atomic mass is 10.1. The number of aryl methyl sites for hydroxylation is 3. The minimum absolute atomic E-state index is 0.177. The van der Waals surface area contributed by atoms with E-state index in [-0.39, 0.29) is 5.91 Å². The summed E-state index contributed by atoms with van der Waals surface area (Å²) in [6, 6.07) is 9.60. The van der Waals surface area contributed by atoms with Crippen molar-refractivity contribution in [1.82, 2.24) is 4.98 Å². The number of nitrogens with one attached hydrogen (secondary N) is 1. The molecule has 0 fully saturated rings. The third-order valence-electron chi connectivity index (χ3n) is 2.63. The highest BCUT2D eigenvalue weighted by Gasteiger charge is 2.07. The van der Waals surface area contributed by atoms with Crippen molar-refractivity contribution in [1.29, 1.82) is 0 Å². The SMILES string of the molecule is Cc1cc(C)cc(NC(=O)c2cc(C)ccn2)c1. The number of aromatic nitrogens is 1. The molecule has 0 spiro atoms. The van der Waals surface area contributed by atoms with Gasteiger partial charge in [0, 0.05) is 11.9 Å². The Bertz CT molecular complexity index is 571. The zero-order valence-corrected chi connectivity index (χ0v) is 10.8. The lowest BCUT2D eigenvalue weighted by molar-refractivity contribution is 0.102. The molecule has 0 unspecified atom stereocenters. The monoisotopic (exact) mass is 240 g/mol. The number of benzene rings is 1. The standard InChI is InChI=1S/C15H16N2O/c1-10-4-5-16-14(9-10)15(18)17-13-7-11(2)6-12(3)8-13/h4-9H,1-3H3,(H,17,18). The predicted molar refractivity (Wildman–Crippen MR) is 72.8 cm³/mol. The molecule has 0 atom stereocenters. The summed E-state index contributed by atoms with van der Waals surface area (Å²) in [5.74, 6) is -0.177. The van der Waals surface area contributed by atoms with Crippen molar-refractivity contribution in [2.24, 2.45) is 0 Å². The molecule has 1 aromatic heterocycles. The van der Waals surface area contributed by atoms with Crippen LogP contribution in [0, 0.1) is 20.8 Å². The van der Waals surface area contributed by atoms with Crippen LogP contribution in [0.1, 0.15) is 27.2 Å². The maximum atomic E-state index is 12.0. The topological polar surface area (TPSA) is 42.0 Å². The molecule has 1 heterocycles. The second-order valence-corrected chi connectivity index (χ2v) is 4.55. The Labute approximate surface area is 107 Å². The van der Waals surface area contributed by atoms with E-state index in [0.29, 0.717) is 5.69 Å². The highest BCUT2D eigenvalue weighted by molar-refractivity contribution is 6.03. The molecule has 0 saturated heterocycles. The van der Waals surface area contributed by atoms with Gasteiger partial charge in [-0.05, 0) is 61.7 Å². The first-order valence-electron chi connectivity index (χ1n) is 5.87. The number of rotatable bonds is 2. The number of hydrogen-bond acceptors (Lipinski definition) is 2. The Morgan fingerprint density at radius 3 is 2.28 bits per heavy atom. The van der Waals surface area contributed by atoms with Crippen LogP contribution in [0.5, 0.6) is 0 Å². The van der Waals surface area contributed by atoms with Crippen molar-refractivity contribution in [2.45, 2.75) is 20.8 Å². The Balaban J connectivity index is 2.21. The zero-order valence-electron chi connectivity index (χ0n) is 10.8. The number of carbonyl (C=O) groups excluding carboxylic acids is 1. The van der Waals surface area contributed by atoms with Crippen molar-refractivity contribution < 1.29 is 4.79 Å². The molecule has 0 aliphatic carbocycles. The van der Waals surface area contributed by atoms with Gasteiger partial charge >= 0.3 is 0 Å². The Morgan fingerprint density at radius 2 is 1.67 bits per heavy atom. The van der Waals surface area contributed by atoms with Crippen molar-refractivity contribution in [3.63, 3.8) is 0 Å². The van der Waals surface area contributed by atoms with Crippen LogP contribution in [0.15, 0.2) is 36.5 Å². The lowest BCUT2D eigenvalue weighted by Crippen LogP contribution is -2.13. The maximum Gasteiger partial charge on any atom is 0.274 e. The van der Waals surface area contributed by atoms with Gasteiger partial charge in [0.05, 0.1) is 0 Å². The fourth-order valence-electron chi connectivity index (χ4n) is 1.90. The molecule has 0 aliphatic heterocycles. The predicted octanol–water partition coefficient (Wildman–Crippen LogP) is 3.26. The van der Waals surface area contributed by atoms with Crippen LogP contribution in [0.2, 0.25) is 0 Å². The Kier molecular flexibility index (Phi) is 3.42. The molecule has 1 aromatic carbocycles. The molecular weight excluding hydrogens is 224 g/mol. The molecule has 3 heteroatoms. The van der Waals surface area contributed by atoms with Crippen LogP contribution in [0.3, 0.4) is 0 Å². The van der Waals surface area contributed by atoms with Crippen LogP contribution in [0.4, 0.5) is 5.69 Å². The van der Waals surface area contributed by atoms with Gasteiger partial charge in [0.15, 0.2) is 0 Å². The van der Waals surface area contributed by atoms with Gasteiger partial charge in [-0.25, -0.2) is 0 Å². The molecular formula is C15H16N2O. The van der Waals surface area contributed by atoms with Crippen LogP contribution in [-0.4, -0.2) is 10.9 Å². The molecule has 0 radical (unpaired) electrons. The first-order chi connectivity index (χ1) is 8.54. The van der Waals surface area contributed by atoms with Crippen LogP contribution < -0.4 is 5.32 Å². The fourth-order valence-corrected chi connectivity index (χ4v) is 1.90. The van der Waals surface area contributed by atoms with Crippen molar-refractivity contribution in [3.8, 4) is 0 Å². The first kappa shape index (κ1) is 12.3. The van der Waals surface area contributed by atoms with Crippen LogP contribution in [-0.2, 0) is 0 Å². The number of pyridine rings is 1. The summed E-state index contributed by atoms with van der Waals surface area (Å²) in [6.45, 7) is 5.95. The van der Waals surface area contributed by atoms with Gasteiger partial charge in [0.1, 0.15) is 5.69 Å². The van der Waals surface area contributed by atoms with E-state index < -0.39 is 0 Å². The van der Waals surface area contributed by atoms with Crippen molar-refractivity contribution >= 4 is 11.6 Å². The molecule has 3 nitrogen and oxygen atoms in total. The Morgan fingerprint density at radius 1 is 1.00 bits per heavy atom. The van der Waals surface area contributed by atoms with Gasteiger partial charge < -0.3 is 5.32 Å². The molecule has 18 heavy (non-hydrogen) atoms. The van der Waals surface area contributed by atoms with Crippen molar-refractivity contribution in [2.75, 3.05) is 5.32 Å². The number of carbonyl (C=O) groups is 1. The largest absolute Gasteiger partial charge is 0.321 e. The quantitative estimate of drug-likeness (QED) is 0.875. The highest BCUT2D eigenvalue weighted by atomic mass is 16.1. The lowest BCUT2D eigenvalue weighted by Gasteiger charge is -2.07. The second kappa shape index (κ2) is 5.00. The average molecular weight is 240 g/mol.